The maximum atomic E-state index is 12.3. The largest absolute Gasteiger partial charge is 0.452 e. The van der Waals surface area contributed by atoms with Gasteiger partial charge in [-0.25, -0.2) is 4.79 Å². The van der Waals surface area contributed by atoms with Crippen molar-refractivity contribution in [2.45, 2.75) is 31.2 Å². The Balaban J connectivity index is 1.96. The Morgan fingerprint density at radius 3 is 2.32 bits per heavy atom. The van der Waals surface area contributed by atoms with E-state index in [4.69, 9.17) is 4.74 Å². The average Bonchev–Trinajstić information content (AvgIpc) is 2.71. The minimum absolute atomic E-state index is 0.169. The minimum Gasteiger partial charge on any atom is -0.452 e. The lowest BCUT2D eigenvalue weighted by atomic mass is 10.0. The molecule has 0 saturated heterocycles. The second kappa shape index (κ2) is 10.5. The molecule has 2 aromatic rings. The number of nitrogens with one attached hydrogen (secondary N) is 1. The van der Waals surface area contributed by atoms with E-state index in [9.17, 15) is 18.6 Å². The molecule has 0 aliphatic carbocycles. The van der Waals surface area contributed by atoms with E-state index in [1.165, 1.54) is 13.0 Å². The van der Waals surface area contributed by atoms with Gasteiger partial charge < -0.3 is 10.1 Å². The molecule has 0 aliphatic rings. The summed E-state index contributed by atoms with van der Waals surface area (Å²) in [7, 11) is -1.32. The SMILES string of the molecule is CC[S@](=O)c1ccccc1C(=O)OCC(=O)N[C@@H](Cc1ccccc1)C(C)=O. The van der Waals surface area contributed by atoms with Gasteiger partial charge in [0, 0.05) is 5.75 Å². The molecule has 148 valence electrons. The van der Waals surface area contributed by atoms with Crippen molar-refractivity contribution in [1.29, 1.82) is 0 Å². The lowest BCUT2D eigenvalue weighted by Crippen LogP contribution is -2.43. The molecule has 1 N–H and O–H groups in total. The van der Waals surface area contributed by atoms with Gasteiger partial charge >= 0.3 is 5.97 Å². The van der Waals surface area contributed by atoms with Gasteiger partial charge in [-0.2, -0.15) is 0 Å². The van der Waals surface area contributed by atoms with Crippen molar-refractivity contribution in [3.63, 3.8) is 0 Å². The number of ether oxygens (including phenoxy) is 1. The number of carbonyl (C=O) groups is 3. The molecule has 2 atom stereocenters. The van der Waals surface area contributed by atoms with Crippen molar-refractivity contribution in [2.75, 3.05) is 12.4 Å². The average molecular weight is 401 g/mol. The van der Waals surface area contributed by atoms with Crippen LogP contribution in [0.15, 0.2) is 59.5 Å². The second-order valence-electron chi connectivity index (χ2n) is 6.13. The Kier molecular flexibility index (Phi) is 8.07. The molecule has 1 amide bonds. The topological polar surface area (TPSA) is 89.5 Å². The number of carbonyl (C=O) groups excluding carboxylic acids is 3. The van der Waals surface area contributed by atoms with Gasteiger partial charge in [0.2, 0.25) is 0 Å². The Labute approximate surface area is 166 Å². The molecule has 0 aromatic heterocycles. The zero-order valence-corrected chi connectivity index (χ0v) is 16.7. The normalized spacial score (nSPS) is 12.6. The first-order chi connectivity index (χ1) is 13.4. The fourth-order valence-electron chi connectivity index (χ4n) is 2.58. The summed E-state index contributed by atoms with van der Waals surface area (Å²) in [4.78, 5) is 36.7. The zero-order valence-electron chi connectivity index (χ0n) is 15.8. The molecular weight excluding hydrogens is 378 g/mol. The molecule has 0 radical (unpaired) electrons. The third-order valence-electron chi connectivity index (χ3n) is 4.06. The summed E-state index contributed by atoms with van der Waals surface area (Å²) in [6.45, 7) is 2.63. The predicted molar refractivity (Wildman–Crippen MR) is 106 cm³/mol. The maximum Gasteiger partial charge on any atom is 0.339 e. The van der Waals surface area contributed by atoms with Crippen molar-refractivity contribution in [1.82, 2.24) is 5.32 Å². The molecule has 0 saturated carbocycles. The van der Waals surface area contributed by atoms with Crippen LogP contribution in [0.2, 0.25) is 0 Å². The van der Waals surface area contributed by atoms with Gasteiger partial charge in [-0.1, -0.05) is 49.4 Å². The second-order valence-corrected chi connectivity index (χ2v) is 7.84. The van der Waals surface area contributed by atoms with E-state index in [0.29, 0.717) is 17.1 Å². The van der Waals surface area contributed by atoms with Gasteiger partial charge in [0.1, 0.15) is 0 Å². The van der Waals surface area contributed by atoms with Gasteiger partial charge in [-0.05, 0) is 31.0 Å². The predicted octanol–water partition coefficient (Wildman–Crippen LogP) is 2.29. The molecule has 0 aliphatic heterocycles. The van der Waals surface area contributed by atoms with Crippen LogP contribution in [0.3, 0.4) is 0 Å². The van der Waals surface area contributed by atoms with E-state index in [0.717, 1.165) is 5.56 Å². The molecule has 0 fully saturated rings. The summed E-state index contributed by atoms with van der Waals surface area (Å²) < 4.78 is 17.1. The molecule has 0 heterocycles. The van der Waals surface area contributed by atoms with E-state index in [-0.39, 0.29) is 11.3 Å². The molecule has 6 nitrogen and oxygen atoms in total. The third kappa shape index (κ3) is 6.13. The number of ketones is 1. The van der Waals surface area contributed by atoms with Crippen LogP contribution >= 0.6 is 0 Å². The number of hydrogen-bond donors (Lipinski definition) is 1. The van der Waals surface area contributed by atoms with Gasteiger partial charge in [-0.3, -0.25) is 13.8 Å². The highest BCUT2D eigenvalue weighted by Crippen LogP contribution is 2.15. The van der Waals surface area contributed by atoms with Gasteiger partial charge in [-0.15, -0.1) is 0 Å². The monoisotopic (exact) mass is 401 g/mol. The molecule has 0 bridgehead atoms. The van der Waals surface area contributed by atoms with Crippen LogP contribution in [0.4, 0.5) is 0 Å². The van der Waals surface area contributed by atoms with Crippen molar-refractivity contribution < 1.29 is 23.3 Å². The molecule has 0 spiro atoms. The fraction of sp³-hybridized carbons (Fsp3) is 0.286. The highest BCUT2D eigenvalue weighted by Gasteiger charge is 2.20. The first kappa shape index (κ1) is 21.5. The van der Waals surface area contributed by atoms with Crippen molar-refractivity contribution in [3.05, 3.63) is 65.7 Å². The number of rotatable bonds is 9. The summed E-state index contributed by atoms with van der Waals surface area (Å²) in [6.07, 6.45) is 0.355. The smallest absolute Gasteiger partial charge is 0.339 e. The lowest BCUT2D eigenvalue weighted by molar-refractivity contribution is -0.128. The zero-order chi connectivity index (χ0) is 20.5. The summed E-state index contributed by atoms with van der Waals surface area (Å²) in [5.41, 5.74) is 1.08. The minimum atomic E-state index is -1.32. The molecule has 2 aromatic carbocycles. The number of benzene rings is 2. The van der Waals surface area contributed by atoms with Crippen LogP contribution in [0.1, 0.15) is 29.8 Å². The van der Waals surface area contributed by atoms with Crippen molar-refractivity contribution >= 4 is 28.5 Å². The molecular formula is C21H23NO5S. The Morgan fingerprint density at radius 2 is 1.68 bits per heavy atom. The van der Waals surface area contributed by atoms with Crippen molar-refractivity contribution in [2.24, 2.45) is 0 Å². The van der Waals surface area contributed by atoms with Crippen LogP contribution in [0.25, 0.3) is 0 Å². The van der Waals surface area contributed by atoms with Gasteiger partial charge in [0.25, 0.3) is 5.91 Å². The quantitative estimate of drug-likeness (QED) is 0.651. The number of Topliss-reactive ketones (excluding diaryl/α,β-unsaturated/α-hetero) is 1. The van der Waals surface area contributed by atoms with Gasteiger partial charge in [0.05, 0.1) is 27.3 Å². The van der Waals surface area contributed by atoms with E-state index in [1.54, 1.807) is 25.1 Å². The van der Waals surface area contributed by atoms with E-state index < -0.39 is 35.3 Å². The van der Waals surface area contributed by atoms with Gasteiger partial charge in [0.15, 0.2) is 12.4 Å². The van der Waals surface area contributed by atoms with E-state index >= 15 is 0 Å². The summed E-state index contributed by atoms with van der Waals surface area (Å²) in [5.74, 6) is -1.12. The van der Waals surface area contributed by atoms with Crippen molar-refractivity contribution in [3.8, 4) is 0 Å². The Bertz CT molecular complexity index is 866. The van der Waals surface area contributed by atoms with Crippen LogP contribution in [0, 0.1) is 0 Å². The highest BCUT2D eigenvalue weighted by molar-refractivity contribution is 7.85. The lowest BCUT2D eigenvalue weighted by Gasteiger charge is -2.16. The van der Waals surface area contributed by atoms with E-state index in [2.05, 4.69) is 5.32 Å². The van der Waals surface area contributed by atoms with Crippen LogP contribution in [-0.4, -0.2) is 40.3 Å². The summed E-state index contributed by atoms with van der Waals surface area (Å²) in [5, 5.41) is 2.59. The summed E-state index contributed by atoms with van der Waals surface area (Å²) in [6, 6.07) is 15.0. The Hall–Kier alpha value is -2.80. The third-order valence-corrected chi connectivity index (χ3v) is 5.43. The Morgan fingerprint density at radius 1 is 1.04 bits per heavy atom. The maximum absolute atomic E-state index is 12.3. The van der Waals surface area contributed by atoms with E-state index in [1.807, 2.05) is 30.3 Å². The molecule has 0 unspecified atom stereocenters. The standard InChI is InChI=1S/C21H23NO5S/c1-3-28(26)19-12-8-7-11-17(19)21(25)27-14-20(24)22-18(15(2)23)13-16-9-5-4-6-10-16/h4-12,18H,3,13-14H2,1-2H3,(H,22,24)/t18-,28-/m0/s1. The number of amides is 1. The first-order valence-electron chi connectivity index (χ1n) is 8.90. The summed E-state index contributed by atoms with van der Waals surface area (Å²) >= 11 is 0. The fourth-order valence-corrected chi connectivity index (χ4v) is 3.52. The number of esters is 1. The highest BCUT2D eigenvalue weighted by atomic mass is 32.2. The van der Waals surface area contributed by atoms with Crippen LogP contribution in [0.5, 0.6) is 0 Å². The molecule has 28 heavy (non-hydrogen) atoms. The number of hydrogen-bond acceptors (Lipinski definition) is 5. The van der Waals surface area contributed by atoms with Crippen LogP contribution < -0.4 is 5.32 Å². The van der Waals surface area contributed by atoms with Crippen LogP contribution in [-0.2, 0) is 31.5 Å². The first-order valence-corrected chi connectivity index (χ1v) is 10.2. The molecule has 7 heteroatoms. The molecule has 2 rings (SSSR count).